The maximum Gasteiger partial charge on any atom is 0.242 e. The minimum Gasteiger partial charge on any atom is -0.333 e. The van der Waals surface area contributed by atoms with Crippen LogP contribution < -0.4 is 0 Å². The Morgan fingerprint density at radius 3 is 2.21 bits per heavy atom. The molecule has 0 saturated heterocycles. The van der Waals surface area contributed by atoms with Gasteiger partial charge in [-0.2, -0.15) is 0 Å². The monoisotopic (exact) mass is 414 g/mol. The molecule has 0 aliphatic carbocycles. The van der Waals surface area contributed by atoms with Crippen molar-refractivity contribution in [3.63, 3.8) is 0 Å². The van der Waals surface area contributed by atoms with Gasteiger partial charge in [0.05, 0.1) is 13.1 Å². The maximum atomic E-state index is 13.3. The molecule has 0 unspecified atom stereocenters. The third kappa shape index (κ3) is 7.32. The van der Waals surface area contributed by atoms with E-state index in [0.717, 1.165) is 16.9 Å². The van der Waals surface area contributed by atoms with Crippen molar-refractivity contribution in [1.29, 1.82) is 0 Å². The van der Waals surface area contributed by atoms with E-state index in [-0.39, 0.29) is 24.3 Å². The fraction of sp³-hybridized carbons (Fsp3) is 0.500. The van der Waals surface area contributed by atoms with Crippen LogP contribution in [0.5, 0.6) is 0 Å². The number of hydrogen-bond donors (Lipinski definition) is 0. The molecule has 1 heterocycles. The van der Waals surface area contributed by atoms with E-state index in [1.165, 1.54) is 4.88 Å². The predicted molar refractivity (Wildman–Crippen MR) is 121 cm³/mol. The molecule has 1 atom stereocenters. The van der Waals surface area contributed by atoms with E-state index in [1.54, 1.807) is 16.2 Å². The van der Waals surface area contributed by atoms with Gasteiger partial charge in [0.1, 0.15) is 0 Å². The Bertz CT molecular complexity index is 785. The lowest BCUT2D eigenvalue weighted by molar-refractivity contribution is -0.143. The van der Waals surface area contributed by atoms with Gasteiger partial charge in [-0.3, -0.25) is 9.59 Å². The number of rotatable bonds is 10. The number of carbonyl (C=O) groups is 2. The lowest BCUT2D eigenvalue weighted by Crippen LogP contribution is -2.45. The molecule has 0 spiro atoms. The third-order valence-electron chi connectivity index (χ3n) is 5.07. The number of aryl methyl sites for hydroxylation is 1. The van der Waals surface area contributed by atoms with Gasteiger partial charge in [0.2, 0.25) is 11.8 Å². The molecule has 2 rings (SSSR count). The Hall–Kier alpha value is -2.14. The number of thiophene rings is 1. The van der Waals surface area contributed by atoms with Crippen LogP contribution in [0.4, 0.5) is 0 Å². The average Bonchev–Trinajstić information content (AvgIpc) is 3.11. The van der Waals surface area contributed by atoms with Crippen molar-refractivity contribution in [3.05, 3.63) is 57.8 Å². The van der Waals surface area contributed by atoms with Crippen LogP contribution in [0.2, 0.25) is 0 Å². The van der Waals surface area contributed by atoms with Crippen molar-refractivity contribution in [2.75, 3.05) is 13.1 Å². The second-order valence-electron chi connectivity index (χ2n) is 8.13. The quantitative estimate of drug-likeness (QED) is 0.542. The number of nitrogens with zero attached hydrogens (tertiary/aromatic N) is 2. The van der Waals surface area contributed by atoms with Crippen molar-refractivity contribution in [2.24, 2.45) is 11.8 Å². The van der Waals surface area contributed by atoms with Gasteiger partial charge in [0.25, 0.3) is 0 Å². The van der Waals surface area contributed by atoms with Gasteiger partial charge < -0.3 is 9.80 Å². The zero-order chi connectivity index (χ0) is 21.4. The van der Waals surface area contributed by atoms with Crippen LogP contribution in [-0.4, -0.2) is 34.7 Å². The Morgan fingerprint density at radius 1 is 0.966 bits per heavy atom. The summed E-state index contributed by atoms with van der Waals surface area (Å²) in [5.41, 5.74) is 1.10. The fourth-order valence-electron chi connectivity index (χ4n) is 3.16. The summed E-state index contributed by atoms with van der Waals surface area (Å²) >= 11 is 1.71. The zero-order valence-corrected chi connectivity index (χ0v) is 19.2. The first-order valence-electron chi connectivity index (χ1n) is 10.5. The summed E-state index contributed by atoms with van der Waals surface area (Å²) in [5.74, 6) is 0.296. The summed E-state index contributed by atoms with van der Waals surface area (Å²) in [7, 11) is 0. The SMILES string of the molecule is CC[C@H](C)CN(CC(=O)N(Cc1ccccc1)Cc1ccc(C)s1)C(=O)C(C)C. The number of hydrogen-bond acceptors (Lipinski definition) is 3. The summed E-state index contributed by atoms with van der Waals surface area (Å²) in [6, 6.07) is 14.2. The molecule has 4 nitrogen and oxygen atoms in total. The summed E-state index contributed by atoms with van der Waals surface area (Å²) in [4.78, 5) is 32.1. The second-order valence-corrected chi connectivity index (χ2v) is 9.51. The molecule has 2 amide bonds. The van der Waals surface area contributed by atoms with Crippen LogP contribution in [0.25, 0.3) is 0 Å². The molecule has 5 heteroatoms. The van der Waals surface area contributed by atoms with Gasteiger partial charge in [-0.05, 0) is 30.5 Å². The highest BCUT2D eigenvalue weighted by molar-refractivity contribution is 7.11. The van der Waals surface area contributed by atoms with E-state index < -0.39 is 0 Å². The maximum absolute atomic E-state index is 13.3. The van der Waals surface area contributed by atoms with Crippen LogP contribution in [0, 0.1) is 18.8 Å². The van der Waals surface area contributed by atoms with E-state index in [0.29, 0.717) is 25.6 Å². The number of carbonyl (C=O) groups excluding carboxylic acids is 2. The lowest BCUT2D eigenvalue weighted by atomic mass is 10.1. The van der Waals surface area contributed by atoms with Crippen molar-refractivity contribution in [2.45, 2.75) is 54.1 Å². The Balaban J connectivity index is 2.19. The molecule has 0 radical (unpaired) electrons. The fourth-order valence-corrected chi connectivity index (χ4v) is 4.07. The molecule has 29 heavy (non-hydrogen) atoms. The highest BCUT2D eigenvalue weighted by Gasteiger charge is 2.24. The molecular formula is C24H34N2O2S. The molecule has 0 aliphatic rings. The van der Waals surface area contributed by atoms with Crippen LogP contribution in [0.3, 0.4) is 0 Å². The smallest absolute Gasteiger partial charge is 0.242 e. The first kappa shape index (κ1) is 23.1. The van der Waals surface area contributed by atoms with E-state index >= 15 is 0 Å². The average molecular weight is 415 g/mol. The van der Waals surface area contributed by atoms with E-state index in [2.05, 4.69) is 32.9 Å². The summed E-state index contributed by atoms with van der Waals surface area (Å²) < 4.78 is 0. The van der Waals surface area contributed by atoms with Crippen LogP contribution in [0.1, 0.15) is 49.4 Å². The van der Waals surface area contributed by atoms with Gasteiger partial charge in [0.15, 0.2) is 0 Å². The van der Waals surface area contributed by atoms with Crippen LogP contribution in [0.15, 0.2) is 42.5 Å². The first-order valence-corrected chi connectivity index (χ1v) is 11.3. The Labute approximate surface area is 179 Å². The Morgan fingerprint density at radius 2 is 1.66 bits per heavy atom. The van der Waals surface area contributed by atoms with E-state index in [1.807, 2.05) is 49.1 Å². The largest absolute Gasteiger partial charge is 0.333 e. The summed E-state index contributed by atoms with van der Waals surface area (Å²) in [6.45, 7) is 12.0. The Kier molecular flexibility index (Phi) is 8.90. The minimum atomic E-state index is -0.116. The molecule has 2 aromatic rings. The first-order chi connectivity index (χ1) is 13.8. The molecule has 0 bridgehead atoms. The topological polar surface area (TPSA) is 40.6 Å². The predicted octanol–water partition coefficient (Wildman–Crippen LogP) is 5.12. The highest BCUT2D eigenvalue weighted by Crippen LogP contribution is 2.19. The summed E-state index contributed by atoms with van der Waals surface area (Å²) in [6.07, 6.45) is 0.984. The van der Waals surface area contributed by atoms with Crippen molar-refractivity contribution >= 4 is 23.2 Å². The van der Waals surface area contributed by atoms with Gasteiger partial charge in [-0.15, -0.1) is 11.3 Å². The molecule has 158 valence electrons. The van der Waals surface area contributed by atoms with Crippen molar-refractivity contribution < 1.29 is 9.59 Å². The van der Waals surface area contributed by atoms with Gasteiger partial charge >= 0.3 is 0 Å². The molecule has 1 aromatic heterocycles. The van der Waals surface area contributed by atoms with E-state index in [4.69, 9.17) is 0 Å². The normalized spacial score (nSPS) is 12.1. The molecular weight excluding hydrogens is 380 g/mol. The van der Waals surface area contributed by atoms with Gasteiger partial charge in [-0.1, -0.05) is 64.4 Å². The highest BCUT2D eigenvalue weighted by atomic mass is 32.1. The van der Waals surface area contributed by atoms with Gasteiger partial charge in [-0.25, -0.2) is 0 Å². The number of amides is 2. The second kappa shape index (κ2) is 11.1. The lowest BCUT2D eigenvalue weighted by Gasteiger charge is -2.30. The number of benzene rings is 1. The standard InChI is InChI=1S/C24H34N2O2S/c1-6-19(4)14-26(24(28)18(2)3)17-23(27)25(15-21-10-8-7-9-11-21)16-22-13-12-20(5)29-22/h7-13,18-19H,6,14-17H2,1-5H3/t19-/m0/s1. The van der Waals surface area contributed by atoms with Crippen molar-refractivity contribution in [3.8, 4) is 0 Å². The van der Waals surface area contributed by atoms with Crippen LogP contribution in [-0.2, 0) is 22.7 Å². The minimum absolute atomic E-state index is 0.00258. The summed E-state index contributed by atoms with van der Waals surface area (Å²) in [5, 5.41) is 0. The van der Waals surface area contributed by atoms with Crippen LogP contribution >= 0.6 is 11.3 Å². The van der Waals surface area contributed by atoms with Gasteiger partial charge in [0, 0.05) is 28.8 Å². The molecule has 0 N–H and O–H groups in total. The molecule has 1 aromatic carbocycles. The molecule has 0 saturated carbocycles. The zero-order valence-electron chi connectivity index (χ0n) is 18.4. The third-order valence-corrected chi connectivity index (χ3v) is 6.06. The van der Waals surface area contributed by atoms with Crippen molar-refractivity contribution in [1.82, 2.24) is 9.80 Å². The van der Waals surface area contributed by atoms with E-state index in [9.17, 15) is 9.59 Å². The molecule has 0 aliphatic heterocycles. The molecule has 0 fully saturated rings.